The van der Waals surface area contributed by atoms with Crippen LogP contribution >= 0.6 is 11.8 Å². The normalized spacial score (nSPS) is 19.5. The number of thioether (sulfide) groups is 1. The van der Waals surface area contributed by atoms with Crippen LogP contribution in [-0.4, -0.2) is 40.7 Å². The zero-order valence-electron chi connectivity index (χ0n) is 10.8. The fraction of sp³-hybridized carbons (Fsp3) is 0.385. The largest absolute Gasteiger partial charge is 0.492 e. The summed E-state index contributed by atoms with van der Waals surface area (Å²) < 4.78 is 36.2. The Bertz CT molecular complexity index is 521. The zero-order chi connectivity index (χ0) is 15.5. The summed E-state index contributed by atoms with van der Waals surface area (Å²) in [5, 5.41) is 0.606. The highest BCUT2D eigenvalue weighted by Crippen LogP contribution is 2.27. The van der Waals surface area contributed by atoms with Gasteiger partial charge in [-0.2, -0.15) is 13.2 Å². The second-order valence-electron chi connectivity index (χ2n) is 4.45. The smallest absolute Gasteiger partial charge is 0.361 e. The van der Waals surface area contributed by atoms with Gasteiger partial charge < -0.3 is 4.84 Å². The molecule has 0 bridgehead atoms. The molecule has 0 saturated carbocycles. The van der Waals surface area contributed by atoms with Crippen molar-refractivity contribution in [1.29, 1.82) is 0 Å². The number of hydrogen-bond donors (Lipinski definition) is 0. The zero-order valence-corrected chi connectivity index (χ0v) is 11.6. The molecule has 4 nitrogen and oxygen atoms in total. The van der Waals surface area contributed by atoms with Crippen LogP contribution in [0.4, 0.5) is 13.2 Å². The van der Waals surface area contributed by atoms with Crippen LogP contribution in [0.25, 0.3) is 0 Å². The Kier molecular flexibility index (Phi) is 4.89. The molecular weight excluding hydrogens is 307 g/mol. The Labute approximate surface area is 123 Å². The molecule has 2 rings (SSSR count). The minimum Gasteiger partial charge on any atom is -0.361 e. The summed E-state index contributed by atoms with van der Waals surface area (Å²) in [5.74, 6) is -2.23. The number of rotatable bonds is 3. The van der Waals surface area contributed by atoms with Crippen LogP contribution < -0.4 is 0 Å². The number of hydroxylamine groups is 2. The molecule has 21 heavy (non-hydrogen) atoms. The predicted molar refractivity (Wildman–Crippen MR) is 70.5 cm³/mol. The average molecular weight is 319 g/mol. The Balaban J connectivity index is 1.83. The highest BCUT2D eigenvalue weighted by atomic mass is 32.2. The van der Waals surface area contributed by atoms with Gasteiger partial charge in [-0.05, 0) is 6.42 Å². The number of carbonyl (C=O) groups excluding carboxylic acids is 2. The van der Waals surface area contributed by atoms with Gasteiger partial charge in [-0.1, -0.05) is 42.1 Å². The molecule has 0 spiro atoms. The molecule has 1 fully saturated rings. The van der Waals surface area contributed by atoms with Crippen molar-refractivity contribution in [2.45, 2.75) is 17.8 Å². The minimum absolute atomic E-state index is 0.102. The number of benzene rings is 1. The fourth-order valence-corrected chi connectivity index (χ4v) is 2.88. The Hall–Kier alpha value is -1.54. The molecule has 1 aromatic rings. The molecular formula is C13H12F3NO3S. The van der Waals surface area contributed by atoms with Crippen molar-refractivity contribution in [3.05, 3.63) is 35.9 Å². The summed E-state index contributed by atoms with van der Waals surface area (Å²) in [4.78, 5) is 26.9. The molecule has 114 valence electrons. The van der Waals surface area contributed by atoms with Crippen LogP contribution in [0.15, 0.2) is 30.3 Å². The van der Waals surface area contributed by atoms with Crippen molar-refractivity contribution in [1.82, 2.24) is 5.06 Å². The van der Waals surface area contributed by atoms with E-state index < -0.39 is 12.1 Å². The first-order chi connectivity index (χ1) is 9.86. The number of carbonyl (C=O) groups is 2. The van der Waals surface area contributed by atoms with Gasteiger partial charge in [0.05, 0.1) is 0 Å². The topological polar surface area (TPSA) is 46.6 Å². The average Bonchev–Trinajstić information content (AvgIpc) is 2.86. The second kappa shape index (κ2) is 6.48. The molecule has 0 N–H and O–H groups in total. The van der Waals surface area contributed by atoms with Crippen molar-refractivity contribution in [3.63, 3.8) is 0 Å². The minimum atomic E-state index is -5.01. The van der Waals surface area contributed by atoms with E-state index in [2.05, 4.69) is 4.84 Å². The van der Waals surface area contributed by atoms with E-state index in [4.69, 9.17) is 0 Å². The lowest BCUT2D eigenvalue weighted by Crippen LogP contribution is -2.34. The third-order valence-electron chi connectivity index (χ3n) is 2.83. The van der Waals surface area contributed by atoms with Crippen LogP contribution in [-0.2, 0) is 9.63 Å². The van der Waals surface area contributed by atoms with Crippen molar-refractivity contribution in [2.24, 2.45) is 0 Å². The van der Waals surface area contributed by atoms with E-state index in [1.807, 2.05) is 0 Å². The van der Waals surface area contributed by atoms with Crippen LogP contribution in [0.5, 0.6) is 0 Å². The van der Waals surface area contributed by atoms with E-state index in [0.717, 1.165) is 16.8 Å². The summed E-state index contributed by atoms with van der Waals surface area (Å²) in [7, 11) is 0. The molecule has 1 atom stereocenters. The molecule has 1 aliphatic rings. The maximum absolute atomic E-state index is 12.1. The molecule has 0 aromatic heterocycles. The fourth-order valence-electron chi connectivity index (χ4n) is 1.84. The van der Waals surface area contributed by atoms with Gasteiger partial charge in [0.2, 0.25) is 5.12 Å². The molecule has 0 amide bonds. The lowest BCUT2D eigenvalue weighted by Gasteiger charge is -2.16. The van der Waals surface area contributed by atoms with E-state index in [-0.39, 0.29) is 23.5 Å². The van der Waals surface area contributed by atoms with Crippen molar-refractivity contribution >= 4 is 22.8 Å². The van der Waals surface area contributed by atoms with Gasteiger partial charge in [-0.15, -0.1) is 5.06 Å². The maximum Gasteiger partial charge on any atom is 0.492 e. The van der Waals surface area contributed by atoms with Crippen LogP contribution in [0, 0.1) is 0 Å². The number of halogens is 3. The SMILES string of the molecule is O=C(SC1CCN(OC(=O)C(F)(F)F)C1)c1ccccc1. The van der Waals surface area contributed by atoms with E-state index in [1.54, 1.807) is 30.3 Å². The van der Waals surface area contributed by atoms with Gasteiger partial charge in [-0.25, -0.2) is 4.79 Å². The molecule has 0 radical (unpaired) electrons. The number of nitrogens with zero attached hydrogens (tertiary/aromatic N) is 1. The highest BCUT2D eigenvalue weighted by molar-refractivity contribution is 8.14. The summed E-state index contributed by atoms with van der Waals surface area (Å²) in [6, 6.07) is 8.60. The summed E-state index contributed by atoms with van der Waals surface area (Å²) >= 11 is 1.05. The second-order valence-corrected chi connectivity index (χ2v) is 5.72. The van der Waals surface area contributed by atoms with Gasteiger partial charge in [0, 0.05) is 23.9 Å². The Morgan fingerprint density at radius 2 is 1.90 bits per heavy atom. The molecule has 8 heteroatoms. The molecule has 0 aliphatic carbocycles. The monoisotopic (exact) mass is 319 g/mol. The van der Waals surface area contributed by atoms with Crippen molar-refractivity contribution < 1.29 is 27.6 Å². The number of alkyl halides is 3. The van der Waals surface area contributed by atoms with Crippen LogP contribution in [0.2, 0.25) is 0 Å². The lowest BCUT2D eigenvalue weighted by atomic mass is 10.2. The van der Waals surface area contributed by atoms with Gasteiger partial charge in [0.25, 0.3) is 0 Å². The summed E-state index contributed by atoms with van der Waals surface area (Å²) in [5.41, 5.74) is 0.535. The first-order valence-electron chi connectivity index (χ1n) is 6.16. The van der Waals surface area contributed by atoms with Crippen LogP contribution in [0.1, 0.15) is 16.8 Å². The molecule has 1 aromatic carbocycles. The lowest BCUT2D eigenvalue weighted by molar-refractivity contribution is -0.234. The maximum atomic E-state index is 12.1. The third kappa shape index (κ3) is 4.47. The number of hydrogen-bond acceptors (Lipinski definition) is 5. The van der Waals surface area contributed by atoms with Gasteiger partial charge in [0.15, 0.2) is 0 Å². The molecule has 1 unspecified atom stereocenters. The van der Waals surface area contributed by atoms with E-state index in [0.29, 0.717) is 12.0 Å². The van der Waals surface area contributed by atoms with Crippen LogP contribution in [0.3, 0.4) is 0 Å². The van der Waals surface area contributed by atoms with Crippen molar-refractivity contribution in [3.8, 4) is 0 Å². The van der Waals surface area contributed by atoms with Gasteiger partial charge >= 0.3 is 12.1 Å². The van der Waals surface area contributed by atoms with E-state index in [1.165, 1.54) is 0 Å². The first-order valence-corrected chi connectivity index (χ1v) is 7.04. The Morgan fingerprint density at radius 3 is 2.52 bits per heavy atom. The van der Waals surface area contributed by atoms with Gasteiger partial charge in [0.1, 0.15) is 0 Å². The molecule has 1 saturated heterocycles. The quantitative estimate of drug-likeness (QED) is 0.857. The van der Waals surface area contributed by atoms with Gasteiger partial charge in [-0.3, -0.25) is 4.79 Å². The van der Waals surface area contributed by atoms with Crippen molar-refractivity contribution in [2.75, 3.05) is 13.1 Å². The predicted octanol–water partition coefficient (Wildman–Crippen LogP) is 2.65. The summed E-state index contributed by atoms with van der Waals surface area (Å²) in [6.07, 6.45) is -4.53. The van der Waals surface area contributed by atoms with E-state index in [9.17, 15) is 22.8 Å². The summed E-state index contributed by atoms with van der Waals surface area (Å²) in [6.45, 7) is 0.284. The highest BCUT2D eigenvalue weighted by Gasteiger charge is 2.43. The third-order valence-corrected chi connectivity index (χ3v) is 4.00. The standard InChI is InChI=1S/C13H12F3NO3S/c14-13(15,16)12(19)20-17-7-6-10(8-17)21-11(18)9-4-2-1-3-5-9/h1-5,10H,6-8H2. The first kappa shape index (κ1) is 15.8. The molecule has 1 heterocycles. The Morgan fingerprint density at radius 1 is 1.24 bits per heavy atom. The van der Waals surface area contributed by atoms with E-state index >= 15 is 0 Å². The molecule has 1 aliphatic heterocycles.